The fourth-order valence-corrected chi connectivity index (χ4v) is 3.04. The zero-order valence-electron chi connectivity index (χ0n) is 16.4. The Hall–Kier alpha value is -3.40. The van der Waals surface area contributed by atoms with Crippen LogP contribution in [0.5, 0.6) is 0 Å². The van der Waals surface area contributed by atoms with Crippen LogP contribution >= 0.6 is 0 Å². The molecule has 0 saturated carbocycles. The highest BCUT2D eigenvalue weighted by atomic mass is 19.4. The molecule has 1 aliphatic rings. The maximum absolute atomic E-state index is 12.4. The number of aliphatic carboxylic acids is 1. The van der Waals surface area contributed by atoms with Gasteiger partial charge in [-0.2, -0.15) is 18.3 Å². The molecule has 10 heteroatoms. The minimum Gasteiger partial charge on any atom is -0.475 e. The number of benzene rings is 2. The minimum absolute atomic E-state index is 0.0554. The standard InChI is InChI=1S/C19H20N4O.C2HF3O2/c24-19(18-8-10-22-23(18)17-12-20-13-17)21-9-7-14-5-6-15-3-1-2-4-16(15)11-14;3-2(4,5)1(6)7/h1-6,8,10-11,17,20H,7,9,12-13H2,(H,21,24);(H,6,7). The topological polar surface area (TPSA) is 96.3 Å². The number of fused-ring (bicyclic) bond motifs is 1. The summed E-state index contributed by atoms with van der Waals surface area (Å²) in [6, 6.07) is 16.8. The summed E-state index contributed by atoms with van der Waals surface area (Å²) >= 11 is 0. The van der Waals surface area contributed by atoms with Gasteiger partial charge < -0.3 is 15.7 Å². The van der Waals surface area contributed by atoms with Crippen molar-refractivity contribution in [3.05, 3.63) is 66.0 Å². The third-order valence-corrected chi connectivity index (χ3v) is 4.76. The number of amides is 1. The molecule has 4 rings (SSSR count). The molecule has 0 unspecified atom stereocenters. The number of hydrogen-bond acceptors (Lipinski definition) is 4. The number of alkyl halides is 3. The molecule has 2 heterocycles. The van der Waals surface area contributed by atoms with Crippen LogP contribution in [-0.2, 0) is 11.2 Å². The van der Waals surface area contributed by atoms with Gasteiger partial charge in [0.2, 0.25) is 0 Å². The summed E-state index contributed by atoms with van der Waals surface area (Å²) in [5.74, 6) is -2.81. The van der Waals surface area contributed by atoms with Crippen molar-refractivity contribution in [3.8, 4) is 0 Å². The first-order chi connectivity index (χ1) is 14.8. The van der Waals surface area contributed by atoms with E-state index in [9.17, 15) is 18.0 Å². The van der Waals surface area contributed by atoms with Crippen molar-refractivity contribution in [1.29, 1.82) is 0 Å². The number of carbonyl (C=O) groups excluding carboxylic acids is 1. The third kappa shape index (κ3) is 5.82. The van der Waals surface area contributed by atoms with Gasteiger partial charge in [0, 0.05) is 25.8 Å². The van der Waals surface area contributed by atoms with Crippen LogP contribution in [0, 0.1) is 0 Å². The second-order valence-corrected chi connectivity index (χ2v) is 6.96. The van der Waals surface area contributed by atoms with Crippen molar-refractivity contribution in [1.82, 2.24) is 20.4 Å². The summed E-state index contributed by atoms with van der Waals surface area (Å²) in [6.45, 7) is 2.36. The van der Waals surface area contributed by atoms with Crippen molar-refractivity contribution in [2.75, 3.05) is 19.6 Å². The lowest BCUT2D eigenvalue weighted by Crippen LogP contribution is -2.45. The van der Waals surface area contributed by atoms with Gasteiger partial charge >= 0.3 is 12.1 Å². The molecule has 1 aliphatic heterocycles. The van der Waals surface area contributed by atoms with E-state index in [0.717, 1.165) is 19.5 Å². The Kier molecular flexibility index (Phi) is 6.91. The van der Waals surface area contributed by atoms with Crippen molar-refractivity contribution >= 4 is 22.6 Å². The molecule has 0 aliphatic carbocycles. The van der Waals surface area contributed by atoms with E-state index < -0.39 is 12.1 Å². The molecule has 1 aromatic heterocycles. The molecular formula is C21H21F3N4O3. The molecule has 31 heavy (non-hydrogen) atoms. The summed E-state index contributed by atoms with van der Waals surface area (Å²) in [6.07, 6.45) is -2.58. The largest absolute Gasteiger partial charge is 0.490 e. The number of rotatable bonds is 5. The lowest BCUT2D eigenvalue weighted by atomic mass is 10.1. The van der Waals surface area contributed by atoms with E-state index >= 15 is 0 Å². The van der Waals surface area contributed by atoms with Crippen molar-refractivity contribution in [2.24, 2.45) is 0 Å². The van der Waals surface area contributed by atoms with Gasteiger partial charge in [-0.1, -0.05) is 42.5 Å². The number of carboxylic acid groups (broad SMARTS) is 1. The predicted octanol–water partition coefficient (Wildman–Crippen LogP) is 2.79. The third-order valence-electron chi connectivity index (χ3n) is 4.76. The molecule has 1 saturated heterocycles. The van der Waals surface area contributed by atoms with E-state index in [1.807, 2.05) is 16.8 Å². The molecular weight excluding hydrogens is 413 g/mol. The lowest BCUT2D eigenvalue weighted by molar-refractivity contribution is -0.192. The normalized spacial score (nSPS) is 13.8. The molecule has 1 amide bonds. The number of carbonyl (C=O) groups is 2. The Morgan fingerprint density at radius 1 is 1.13 bits per heavy atom. The minimum atomic E-state index is -5.08. The molecule has 0 atom stereocenters. The second-order valence-electron chi connectivity index (χ2n) is 6.96. The number of nitrogens with zero attached hydrogens (tertiary/aromatic N) is 2. The van der Waals surface area contributed by atoms with Gasteiger partial charge in [0.15, 0.2) is 0 Å². The van der Waals surface area contributed by atoms with E-state index in [0.29, 0.717) is 18.3 Å². The number of carboxylic acids is 1. The molecule has 3 N–H and O–H groups in total. The maximum Gasteiger partial charge on any atom is 0.490 e. The molecule has 3 aromatic rings. The first-order valence-electron chi connectivity index (χ1n) is 9.56. The monoisotopic (exact) mass is 434 g/mol. The van der Waals surface area contributed by atoms with E-state index in [-0.39, 0.29) is 5.91 Å². The SMILES string of the molecule is O=C(NCCc1ccc2ccccc2c1)c1ccnn1C1CNC1.O=C(O)C(F)(F)F. The first kappa shape index (κ1) is 22.3. The summed E-state index contributed by atoms with van der Waals surface area (Å²) in [5, 5.41) is 20.1. The number of nitrogens with one attached hydrogen (secondary N) is 2. The fraction of sp³-hybridized carbons (Fsp3) is 0.286. The second kappa shape index (κ2) is 9.61. The maximum atomic E-state index is 12.4. The first-order valence-corrected chi connectivity index (χ1v) is 9.56. The molecule has 0 radical (unpaired) electrons. The van der Waals surface area contributed by atoms with E-state index in [4.69, 9.17) is 9.90 Å². The molecule has 2 aromatic carbocycles. The molecule has 7 nitrogen and oxygen atoms in total. The van der Waals surface area contributed by atoms with Crippen molar-refractivity contribution < 1.29 is 27.9 Å². The molecule has 164 valence electrons. The van der Waals surface area contributed by atoms with Crippen LogP contribution in [-0.4, -0.2) is 52.6 Å². The van der Waals surface area contributed by atoms with Crippen LogP contribution in [0.2, 0.25) is 0 Å². The van der Waals surface area contributed by atoms with E-state index in [2.05, 4.69) is 46.1 Å². The Morgan fingerprint density at radius 2 is 1.81 bits per heavy atom. The average molecular weight is 434 g/mol. The van der Waals surface area contributed by atoms with Gasteiger partial charge in [0.1, 0.15) is 5.69 Å². The zero-order chi connectivity index (χ0) is 22.4. The smallest absolute Gasteiger partial charge is 0.475 e. The van der Waals surface area contributed by atoms with Crippen molar-refractivity contribution in [2.45, 2.75) is 18.6 Å². The van der Waals surface area contributed by atoms with Crippen LogP contribution in [0.4, 0.5) is 13.2 Å². The summed E-state index contributed by atoms with van der Waals surface area (Å²) in [4.78, 5) is 21.3. The van der Waals surface area contributed by atoms with Crippen LogP contribution < -0.4 is 10.6 Å². The fourth-order valence-electron chi connectivity index (χ4n) is 3.04. The molecule has 0 bridgehead atoms. The van der Waals surface area contributed by atoms with Gasteiger partial charge in [-0.05, 0) is 28.8 Å². The van der Waals surface area contributed by atoms with Crippen LogP contribution in [0.15, 0.2) is 54.7 Å². The quantitative estimate of drug-likeness (QED) is 0.574. The van der Waals surface area contributed by atoms with Gasteiger partial charge in [-0.3, -0.25) is 9.48 Å². The average Bonchev–Trinajstić information content (AvgIpc) is 3.15. The Morgan fingerprint density at radius 3 is 2.42 bits per heavy atom. The van der Waals surface area contributed by atoms with Gasteiger partial charge in [-0.15, -0.1) is 0 Å². The number of aromatic nitrogens is 2. The van der Waals surface area contributed by atoms with Gasteiger partial charge in [-0.25, -0.2) is 4.79 Å². The Bertz CT molecular complexity index is 1060. The van der Waals surface area contributed by atoms with Gasteiger partial charge in [0.05, 0.1) is 6.04 Å². The van der Waals surface area contributed by atoms with Crippen LogP contribution in [0.3, 0.4) is 0 Å². The summed E-state index contributed by atoms with van der Waals surface area (Å²) in [5.41, 5.74) is 1.87. The number of hydrogen-bond donors (Lipinski definition) is 3. The molecule has 0 spiro atoms. The van der Waals surface area contributed by atoms with Gasteiger partial charge in [0.25, 0.3) is 5.91 Å². The van der Waals surface area contributed by atoms with Crippen LogP contribution in [0.25, 0.3) is 10.8 Å². The highest BCUT2D eigenvalue weighted by Crippen LogP contribution is 2.16. The zero-order valence-corrected chi connectivity index (χ0v) is 16.4. The Labute approximate surface area is 175 Å². The highest BCUT2D eigenvalue weighted by molar-refractivity contribution is 5.92. The van der Waals surface area contributed by atoms with Crippen LogP contribution in [0.1, 0.15) is 22.1 Å². The predicted molar refractivity (Wildman–Crippen MR) is 108 cm³/mol. The summed E-state index contributed by atoms with van der Waals surface area (Å²) < 4.78 is 33.6. The summed E-state index contributed by atoms with van der Waals surface area (Å²) in [7, 11) is 0. The van der Waals surface area contributed by atoms with E-state index in [1.165, 1.54) is 16.3 Å². The highest BCUT2D eigenvalue weighted by Gasteiger charge is 2.38. The number of halogens is 3. The van der Waals surface area contributed by atoms with E-state index in [1.54, 1.807) is 12.3 Å². The Balaban J connectivity index is 0.000000339. The molecule has 1 fully saturated rings. The lowest BCUT2D eigenvalue weighted by Gasteiger charge is -2.28. The van der Waals surface area contributed by atoms with Crippen molar-refractivity contribution in [3.63, 3.8) is 0 Å².